The van der Waals surface area contributed by atoms with Gasteiger partial charge in [0.1, 0.15) is 19.3 Å². The first-order valence-electron chi connectivity index (χ1n) is 32.4. The number of amides is 1. The number of phosphoric ester groups is 1. The van der Waals surface area contributed by atoms with Crippen molar-refractivity contribution in [2.45, 2.75) is 296 Å². The van der Waals surface area contributed by atoms with Crippen molar-refractivity contribution in [3.8, 4) is 0 Å². The number of ether oxygens (including phenoxy) is 1. The first kappa shape index (κ1) is 75.2. The molecule has 0 saturated heterocycles. The number of esters is 1. The molecule has 0 aromatic heterocycles. The summed E-state index contributed by atoms with van der Waals surface area (Å²) < 4.78 is 30.7. The molecule has 0 aromatic rings. The monoisotopic (exact) mass is 1110 g/mol. The van der Waals surface area contributed by atoms with E-state index in [2.05, 4.69) is 99.0 Å². The molecule has 3 unspecified atom stereocenters. The SMILES string of the molecule is CC/C=C/C/C=C/CCCCCCCCCC(=O)NC(COP(=O)(O)OCC[N+](C)(C)C)C(/C=C\CCCCCCCCCCCCC)OC(=O)CCCCCCCCCCC/C=C\C/C=C\C/C=C\C/C=C\CCCCC. The van der Waals surface area contributed by atoms with Crippen LogP contribution in [-0.2, 0) is 27.9 Å². The van der Waals surface area contributed by atoms with Crippen molar-refractivity contribution >= 4 is 19.7 Å². The summed E-state index contributed by atoms with van der Waals surface area (Å²) in [7, 11) is 1.48. The minimum absolute atomic E-state index is 0.0346. The zero-order valence-corrected chi connectivity index (χ0v) is 52.5. The lowest BCUT2D eigenvalue weighted by Crippen LogP contribution is -2.47. The molecule has 0 radical (unpaired) electrons. The molecule has 3 atom stereocenters. The highest BCUT2D eigenvalue weighted by Crippen LogP contribution is 2.43. The third-order valence-corrected chi connectivity index (χ3v) is 15.1. The van der Waals surface area contributed by atoms with Gasteiger partial charge in [0.25, 0.3) is 0 Å². The van der Waals surface area contributed by atoms with Crippen LogP contribution in [0.5, 0.6) is 0 Å². The average Bonchev–Trinajstić information content (AvgIpc) is 3.40. The van der Waals surface area contributed by atoms with Crippen LogP contribution >= 0.6 is 7.82 Å². The lowest BCUT2D eigenvalue weighted by Gasteiger charge is -2.27. The smallest absolute Gasteiger partial charge is 0.456 e. The van der Waals surface area contributed by atoms with Gasteiger partial charge in [0, 0.05) is 12.8 Å². The molecular formula is C68H124N2O7P+. The number of quaternary nitrogens is 1. The molecule has 0 bridgehead atoms. The zero-order valence-electron chi connectivity index (χ0n) is 51.6. The van der Waals surface area contributed by atoms with Gasteiger partial charge < -0.3 is 19.4 Å². The highest BCUT2D eigenvalue weighted by atomic mass is 31.2. The lowest BCUT2D eigenvalue weighted by molar-refractivity contribution is -0.870. The molecule has 1 amide bonds. The first-order chi connectivity index (χ1) is 37.9. The number of phosphoric acid groups is 1. The Hall–Kier alpha value is -2.81. The Balaban J connectivity index is 5.18. The molecule has 2 N–H and O–H groups in total. The maximum atomic E-state index is 13.5. The van der Waals surface area contributed by atoms with Gasteiger partial charge in [0.2, 0.25) is 5.91 Å². The summed E-state index contributed by atoms with van der Waals surface area (Å²) in [5.41, 5.74) is 0. The number of unbranched alkanes of at least 4 members (excludes halogenated alkanes) is 30. The summed E-state index contributed by atoms with van der Waals surface area (Å²) in [5.74, 6) is -0.520. The van der Waals surface area contributed by atoms with Gasteiger partial charge in [-0.05, 0) is 102 Å². The molecule has 0 fully saturated rings. The highest BCUT2D eigenvalue weighted by Gasteiger charge is 2.30. The fourth-order valence-corrected chi connectivity index (χ4v) is 9.82. The largest absolute Gasteiger partial charge is 0.472 e. The molecule has 452 valence electrons. The van der Waals surface area contributed by atoms with E-state index in [1.807, 2.05) is 33.3 Å². The zero-order chi connectivity index (χ0) is 57.2. The van der Waals surface area contributed by atoms with E-state index in [0.717, 1.165) is 116 Å². The lowest BCUT2D eigenvalue weighted by atomic mass is 10.0. The number of carbonyl (C=O) groups excluding carboxylic acids is 2. The summed E-state index contributed by atoms with van der Waals surface area (Å²) in [4.78, 5) is 37.8. The van der Waals surface area contributed by atoms with Gasteiger partial charge in [0.05, 0.1) is 33.8 Å². The van der Waals surface area contributed by atoms with Crippen molar-refractivity contribution in [2.24, 2.45) is 0 Å². The van der Waals surface area contributed by atoms with Crippen LogP contribution in [0.3, 0.4) is 0 Å². The maximum Gasteiger partial charge on any atom is 0.472 e. The van der Waals surface area contributed by atoms with Crippen molar-refractivity contribution in [3.63, 3.8) is 0 Å². The fourth-order valence-electron chi connectivity index (χ4n) is 9.08. The van der Waals surface area contributed by atoms with Crippen LogP contribution in [0.25, 0.3) is 0 Å². The van der Waals surface area contributed by atoms with Crippen LogP contribution < -0.4 is 5.32 Å². The normalized spacial score (nSPS) is 14.2. The Bertz CT molecular complexity index is 1610. The topological polar surface area (TPSA) is 111 Å². The van der Waals surface area contributed by atoms with Gasteiger partial charge in [-0.2, -0.15) is 0 Å². The van der Waals surface area contributed by atoms with E-state index in [-0.39, 0.29) is 31.5 Å². The number of likely N-dealkylation sites (N-methyl/N-ethyl adjacent to an activating group) is 1. The second kappa shape index (κ2) is 57.4. The summed E-state index contributed by atoms with van der Waals surface area (Å²) in [5, 5.41) is 3.05. The number of allylic oxidation sites excluding steroid dienone is 13. The van der Waals surface area contributed by atoms with E-state index in [0.29, 0.717) is 17.4 Å². The van der Waals surface area contributed by atoms with E-state index in [9.17, 15) is 19.0 Å². The number of nitrogens with one attached hydrogen (secondary N) is 1. The number of hydrogen-bond acceptors (Lipinski definition) is 6. The van der Waals surface area contributed by atoms with Crippen LogP contribution in [0.4, 0.5) is 0 Å². The number of rotatable bonds is 58. The second-order valence-corrected chi connectivity index (χ2v) is 24.4. The van der Waals surface area contributed by atoms with E-state index in [4.69, 9.17) is 13.8 Å². The van der Waals surface area contributed by atoms with Gasteiger partial charge in [-0.15, -0.1) is 0 Å². The Labute approximate surface area is 482 Å². The summed E-state index contributed by atoms with van der Waals surface area (Å²) >= 11 is 0. The van der Waals surface area contributed by atoms with Crippen molar-refractivity contribution in [3.05, 3.63) is 85.1 Å². The highest BCUT2D eigenvalue weighted by molar-refractivity contribution is 7.47. The third kappa shape index (κ3) is 57.9. The Morgan fingerprint density at radius 3 is 1.26 bits per heavy atom. The second-order valence-electron chi connectivity index (χ2n) is 22.9. The summed E-state index contributed by atoms with van der Waals surface area (Å²) in [6.07, 6.45) is 75.8. The minimum Gasteiger partial charge on any atom is -0.456 e. The first-order valence-corrected chi connectivity index (χ1v) is 33.9. The molecule has 78 heavy (non-hydrogen) atoms. The summed E-state index contributed by atoms with van der Waals surface area (Å²) in [6, 6.07) is -0.859. The van der Waals surface area contributed by atoms with Gasteiger partial charge in [-0.3, -0.25) is 18.6 Å². The Morgan fingerprint density at radius 1 is 0.462 bits per heavy atom. The Kier molecular flexibility index (Phi) is 55.4. The molecule has 0 aliphatic carbocycles. The van der Waals surface area contributed by atoms with E-state index in [1.54, 1.807) is 0 Å². The standard InChI is InChI=1S/C68H123N2O7P/c1-7-10-13-16-19-22-25-28-30-31-32-33-34-35-36-37-38-39-40-43-46-49-52-55-58-61-68(72)77-66(59-56-53-50-47-44-41-27-24-21-18-15-12-9-3)65(64-76-78(73,74)75-63-62-70(4,5)6)69-67(71)60-57-54-51-48-45-42-29-26-23-20-17-14-11-8-2/h11,14,19-20,22-23,28,30,32-33,35-36,56,59,65-66H,7-10,12-13,15-18,21,24-27,29,31,34,37-55,57-58,60-64H2,1-6H3,(H-,69,71,73,74)/p+1/b14-11+,22-19-,23-20+,30-28-,33-32-,36-35-,59-56-. The molecule has 0 aliphatic heterocycles. The number of nitrogens with zero attached hydrogens (tertiary/aromatic N) is 1. The molecule has 0 rings (SSSR count). The van der Waals surface area contributed by atoms with E-state index < -0.39 is 20.0 Å². The molecule has 0 heterocycles. The molecule has 0 spiro atoms. The Morgan fingerprint density at radius 2 is 0.821 bits per heavy atom. The third-order valence-electron chi connectivity index (χ3n) is 14.1. The molecule has 9 nitrogen and oxygen atoms in total. The quantitative estimate of drug-likeness (QED) is 0.0205. The predicted molar refractivity (Wildman–Crippen MR) is 337 cm³/mol. The van der Waals surface area contributed by atoms with E-state index >= 15 is 0 Å². The van der Waals surface area contributed by atoms with Gasteiger partial charge >= 0.3 is 13.8 Å². The van der Waals surface area contributed by atoms with E-state index in [1.165, 1.54) is 135 Å². The predicted octanol–water partition coefficient (Wildman–Crippen LogP) is 20.2. The molecular weight excluding hydrogens is 988 g/mol. The summed E-state index contributed by atoms with van der Waals surface area (Å²) in [6.45, 7) is 6.88. The number of carbonyl (C=O) groups is 2. The van der Waals surface area contributed by atoms with Crippen LogP contribution in [-0.4, -0.2) is 74.3 Å². The van der Waals surface area contributed by atoms with Crippen LogP contribution in [0, 0.1) is 0 Å². The number of hydrogen-bond donors (Lipinski definition) is 2. The average molecular weight is 1110 g/mol. The van der Waals surface area contributed by atoms with Crippen molar-refractivity contribution in [1.82, 2.24) is 5.32 Å². The van der Waals surface area contributed by atoms with Crippen molar-refractivity contribution < 1.29 is 37.3 Å². The molecule has 0 aromatic carbocycles. The van der Waals surface area contributed by atoms with Crippen molar-refractivity contribution in [2.75, 3.05) is 40.9 Å². The van der Waals surface area contributed by atoms with Crippen LogP contribution in [0.1, 0.15) is 284 Å². The molecule has 0 aliphatic rings. The maximum absolute atomic E-state index is 13.5. The molecule has 0 saturated carbocycles. The fraction of sp³-hybridized carbons (Fsp3) is 0.765. The molecule has 10 heteroatoms. The van der Waals surface area contributed by atoms with Gasteiger partial charge in [-0.25, -0.2) is 4.57 Å². The van der Waals surface area contributed by atoms with Crippen LogP contribution in [0.15, 0.2) is 85.1 Å². The van der Waals surface area contributed by atoms with Gasteiger partial charge in [0.15, 0.2) is 0 Å². The minimum atomic E-state index is -4.46. The van der Waals surface area contributed by atoms with Gasteiger partial charge in [-0.1, -0.05) is 254 Å². The van der Waals surface area contributed by atoms with Crippen LogP contribution in [0.2, 0.25) is 0 Å². The van der Waals surface area contributed by atoms with Crippen molar-refractivity contribution in [1.29, 1.82) is 0 Å².